The van der Waals surface area contributed by atoms with Crippen LogP contribution in [0.2, 0.25) is 0 Å². The van der Waals surface area contributed by atoms with E-state index in [9.17, 15) is 33.2 Å². The Morgan fingerprint density at radius 2 is 2.03 bits per heavy atom. The Kier molecular flexibility index (Phi) is 7.22. The van der Waals surface area contributed by atoms with Gasteiger partial charge in [0.15, 0.2) is 0 Å². The predicted octanol–water partition coefficient (Wildman–Crippen LogP) is 1.17. The zero-order valence-corrected chi connectivity index (χ0v) is 18.9. The van der Waals surface area contributed by atoms with Gasteiger partial charge in [0.25, 0.3) is 15.8 Å². The third kappa shape index (κ3) is 5.28. The van der Waals surface area contributed by atoms with Crippen LogP contribution in [0.1, 0.15) is 18.9 Å². The van der Waals surface area contributed by atoms with Crippen LogP contribution >= 0.6 is 11.8 Å². The van der Waals surface area contributed by atoms with Crippen molar-refractivity contribution in [1.29, 1.82) is 0 Å². The molecule has 1 aromatic carbocycles. The van der Waals surface area contributed by atoms with Crippen molar-refractivity contribution in [3.05, 3.63) is 50.5 Å². The van der Waals surface area contributed by atoms with Gasteiger partial charge in [0.1, 0.15) is 12.3 Å². The van der Waals surface area contributed by atoms with E-state index >= 15 is 0 Å². The van der Waals surface area contributed by atoms with Crippen LogP contribution in [0.15, 0.2) is 34.9 Å². The van der Waals surface area contributed by atoms with Crippen LogP contribution < -0.4 is 0 Å². The first-order valence-electron chi connectivity index (χ1n) is 9.61. The minimum absolute atomic E-state index is 0.0724. The number of esters is 1. The number of benzene rings is 1. The molecule has 0 aromatic heterocycles. The molecule has 11 nitrogen and oxygen atoms in total. The summed E-state index contributed by atoms with van der Waals surface area (Å²) in [7, 11) is -3.60. The van der Waals surface area contributed by atoms with E-state index in [2.05, 4.69) is 0 Å². The summed E-state index contributed by atoms with van der Waals surface area (Å²) in [4.78, 5) is 37.4. The van der Waals surface area contributed by atoms with Gasteiger partial charge in [-0.25, -0.2) is 4.79 Å². The minimum atomic E-state index is -3.60. The summed E-state index contributed by atoms with van der Waals surface area (Å²) in [5.74, 6) is -1.52. The van der Waals surface area contributed by atoms with Crippen molar-refractivity contribution >= 4 is 39.4 Å². The number of nitrogens with zero attached hydrogens (tertiary/aromatic N) is 2. The van der Waals surface area contributed by atoms with E-state index in [1.165, 1.54) is 47.9 Å². The normalized spacial score (nSPS) is 21.2. The Labute approximate surface area is 188 Å². The van der Waals surface area contributed by atoms with Gasteiger partial charge in [0, 0.05) is 29.2 Å². The van der Waals surface area contributed by atoms with Gasteiger partial charge < -0.3 is 14.7 Å². The first kappa shape index (κ1) is 24.2. The molecule has 0 aliphatic carbocycles. The van der Waals surface area contributed by atoms with E-state index in [1.54, 1.807) is 0 Å². The molecule has 2 aliphatic rings. The Morgan fingerprint density at radius 1 is 1.38 bits per heavy atom. The molecule has 1 unspecified atom stereocenters. The average molecular weight is 487 g/mol. The molecule has 3 rings (SSSR count). The number of thioether (sulfide) groups is 1. The summed E-state index contributed by atoms with van der Waals surface area (Å²) < 4.78 is 32.3. The number of β-lactam (4-membered cyclic amide) rings is 1. The molecule has 1 fully saturated rings. The molecule has 2 heterocycles. The van der Waals surface area contributed by atoms with Crippen molar-refractivity contribution < 1.29 is 37.0 Å². The molecule has 0 bridgehead atoms. The number of fused-ring (bicyclic) bond motifs is 1. The van der Waals surface area contributed by atoms with Crippen molar-refractivity contribution in [1.82, 2.24) is 4.90 Å². The molecule has 3 atom stereocenters. The van der Waals surface area contributed by atoms with E-state index in [-0.39, 0.29) is 42.3 Å². The Bertz CT molecular complexity index is 1050. The van der Waals surface area contributed by atoms with Gasteiger partial charge in [-0.05, 0) is 24.6 Å². The summed E-state index contributed by atoms with van der Waals surface area (Å²) in [6.45, 7) is 1.26. The van der Waals surface area contributed by atoms with E-state index in [0.717, 1.165) is 6.26 Å². The third-order valence-electron chi connectivity index (χ3n) is 5.06. The zero-order valence-electron chi connectivity index (χ0n) is 17.3. The predicted molar refractivity (Wildman–Crippen MR) is 114 cm³/mol. The second kappa shape index (κ2) is 9.57. The maximum atomic E-state index is 12.8. The fourth-order valence-corrected chi connectivity index (χ4v) is 5.14. The van der Waals surface area contributed by atoms with Crippen molar-refractivity contribution in [2.45, 2.75) is 32.1 Å². The first-order chi connectivity index (χ1) is 15.0. The van der Waals surface area contributed by atoms with Gasteiger partial charge in [-0.2, -0.15) is 8.42 Å². The van der Waals surface area contributed by atoms with Crippen molar-refractivity contribution in [2.75, 3.05) is 18.6 Å². The molecule has 0 saturated carbocycles. The number of non-ortho nitro benzene ring substituents is 1. The number of nitro groups is 1. The quantitative estimate of drug-likeness (QED) is 0.127. The maximum absolute atomic E-state index is 12.8. The van der Waals surface area contributed by atoms with Crippen molar-refractivity contribution in [3.63, 3.8) is 0 Å². The second-order valence-electron chi connectivity index (χ2n) is 7.39. The smallest absolute Gasteiger partial charge is 0.356 e. The largest absolute Gasteiger partial charge is 0.456 e. The number of carbonyl (C=O) groups is 2. The van der Waals surface area contributed by atoms with Crippen molar-refractivity contribution in [2.24, 2.45) is 5.92 Å². The average Bonchev–Trinajstić information content (AvgIpc) is 3.02. The molecule has 1 aromatic rings. The van der Waals surface area contributed by atoms with Gasteiger partial charge in [0.2, 0.25) is 5.91 Å². The highest BCUT2D eigenvalue weighted by Crippen LogP contribution is 2.47. The van der Waals surface area contributed by atoms with Gasteiger partial charge in [-0.1, -0.05) is 0 Å². The van der Waals surface area contributed by atoms with Crippen LogP contribution in [-0.4, -0.2) is 66.0 Å². The fraction of sp³-hybridized carbons (Fsp3) is 0.474. The van der Waals surface area contributed by atoms with Crippen LogP contribution in [0.4, 0.5) is 5.69 Å². The summed E-state index contributed by atoms with van der Waals surface area (Å²) in [6.07, 6.45) is 0.400. The van der Waals surface area contributed by atoms with Crippen LogP contribution in [0.3, 0.4) is 0 Å². The lowest BCUT2D eigenvalue weighted by Gasteiger charge is -2.44. The first-order valence-corrected chi connectivity index (χ1v) is 12.4. The van der Waals surface area contributed by atoms with Gasteiger partial charge in [-0.15, -0.1) is 11.8 Å². The maximum Gasteiger partial charge on any atom is 0.356 e. The summed E-state index contributed by atoms with van der Waals surface area (Å²) in [5.41, 5.74) is 0.515. The number of aliphatic hydroxyl groups is 1. The summed E-state index contributed by atoms with van der Waals surface area (Å²) in [6, 6.07) is 5.15. The summed E-state index contributed by atoms with van der Waals surface area (Å²) in [5, 5.41) is 20.6. The molecular formula is C19H22N2O9S2. The lowest BCUT2D eigenvalue weighted by Crippen LogP contribution is -2.61. The number of amides is 1. The number of hydrogen-bond donors (Lipinski definition) is 1. The number of carbonyl (C=O) groups excluding carboxylic acids is 2. The standard InChI is InChI=1S/C19H22N2O9S2/c1-11(22)16-14-9-15(31-8-7-30-32(2,27)28)17(20(14)18(16)23)19(24)29-10-12-3-5-13(6-4-12)21(25)26/h3-6,11,14,16,22H,7-10H2,1-2H3/t11-,14?,16+/m1/s1. The molecule has 13 heteroatoms. The van der Waals surface area contributed by atoms with Crippen LogP contribution in [0.5, 0.6) is 0 Å². The number of hydrogen-bond acceptors (Lipinski definition) is 10. The molecule has 174 valence electrons. The Hall–Kier alpha value is -2.48. The molecule has 0 spiro atoms. The lowest BCUT2D eigenvalue weighted by molar-refractivity contribution is -0.384. The topological polar surface area (TPSA) is 153 Å². The fourth-order valence-electron chi connectivity index (χ4n) is 3.63. The molecule has 2 aliphatic heterocycles. The van der Waals surface area contributed by atoms with Crippen LogP contribution in [-0.2, 0) is 35.2 Å². The Balaban J connectivity index is 1.71. The highest BCUT2D eigenvalue weighted by Gasteiger charge is 2.57. The highest BCUT2D eigenvalue weighted by molar-refractivity contribution is 8.03. The van der Waals surface area contributed by atoms with E-state index in [4.69, 9.17) is 8.92 Å². The van der Waals surface area contributed by atoms with Gasteiger partial charge in [0.05, 0.1) is 35.8 Å². The molecule has 0 radical (unpaired) electrons. The number of rotatable bonds is 10. The Morgan fingerprint density at radius 3 is 2.59 bits per heavy atom. The SMILES string of the molecule is C[C@@H](O)[C@@H]1C(=O)N2C(C(=O)OCc3ccc([N+](=O)[O-])cc3)=C(SCCOS(C)(=O)=O)CC12. The van der Waals surface area contributed by atoms with Crippen LogP contribution in [0, 0.1) is 16.0 Å². The molecule has 1 saturated heterocycles. The van der Waals surface area contributed by atoms with Crippen LogP contribution in [0.25, 0.3) is 0 Å². The van der Waals surface area contributed by atoms with Crippen molar-refractivity contribution in [3.8, 4) is 0 Å². The minimum Gasteiger partial charge on any atom is -0.456 e. The van der Waals surface area contributed by atoms with E-state index in [0.29, 0.717) is 16.9 Å². The number of aliphatic hydroxyl groups excluding tert-OH is 1. The monoisotopic (exact) mass is 486 g/mol. The molecule has 1 amide bonds. The molecule has 32 heavy (non-hydrogen) atoms. The second-order valence-corrected chi connectivity index (χ2v) is 10.2. The highest BCUT2D eigenvalue weighted by atomic mass is 32.2. The van der Waals surface area contributed by atoms with E-state index < -0.39 is 33.0 Å². The lowest BCUT2D eigenvalue weighted by atomic mass is 9.83. The van der Waals surface area contributed by atoms with E-state index in [1.807, 2.05) is 0 Å². The molecular weight excluding hydrogens is 464 g/mol. The third-order valence-corrected chi connectivity index (χ3v) is 6.73. The number of ether oxygens (including phenoxy) is 1. The zero-order chi connectivity index (χ0) is 23.6. The van der Waals surface area contributed by atoms with Gasteiger partial charge >= 0.3 is 5.97 Å². The number of nitro benzene ring substituents is 1. The summed E-state index contributed by atoms with van der Waals surface area (Å²) >= 11 is 1.19. The molecule has 1 N–H and O–H groups in total. The van der Waals surface area contributed by atoms with Gasteiger partial charge in [-0.3, -0.25) is 19.1 Å².